The topological polar surface area (TPSA) is 58.1 Å². The molecular weight excluding hydrogens is 428 g/mol. The molecule has 0 atom stereocenters. The molecule has 5 nitrogen and oxygen atoms in total. The number of carbonyl (C=O) groups is 1. The minimum absolute atomic E-state index is 0.0165. The average Bonchev–Trinajstić information content (AvgIpc) is 3.30. The summed E-state index contributed by atoms with van der Waals surface area (Å²) in [6, 6.07) is 28.7. The van der Waals surface area contributed by atoms with Gasteiger partial charge in [0.2, 0.25) is 11.0 Å². The lowest BCUT2D eigenvalue weighted by atomic mass is 10.1. The summed E-state index contributed by atoms with van der Waals surface area (Å²) in [7, 11) is 0. The Bertz CT molecular complexity index is 1140. The number of anilines is 1. The Balaban J connectivity index is 1.41. The Morgan fingerprint density at radius 3 is 2.24 bits per heavy atom. The highest BCUT2D eigenvalue weighted by Gasteiger charge is 2.17. The predicted molar refractivity (Wildman–Crippen MR) is 135 cm³/mol. The fourth-order valence-corrected chi connectivity index (χ4v) is 4.23. The van der Waals surface area contributed by atoms with Crippen LogP contribution in [0.4, 0.5) is 5.13 Å². The van der Waals surface area contributed by atoms with Crippen molar-refractivity contribution in [3.8, 4) is 0 Å². The molecule has 0 saturated carbocycles. The number of benzene rings is 3. The number of aromatic nitrogens is 2. The second-order valence-corrected chi connectivity index (χ2v) is 8.81. The van der Waals surface area contributed by atoms with Crippen LogP contribution in [0.2, 0.25) is 0 Å². The van der Waals surface area contributed by atoms with E-state index in [2.05, 4.69) is 65.1 Å². The fourth-order valence-electron chi connectivity index (χ4n) is 3.55. The van der Waals surface area contributed by atoms with Crippen LogP contribution in [-0.2, 0) is 24.2 Å². The summed E-state index contributed by atoms with van der Waals surface area (Å²) in [5.74, 6) is 0.763. The van der Waals surface area contributed by atoms with Crippen LogP contribution in [0.15, 0.2) is 84.9 Å². The maximum absolute atomic E-state index is 12.7. The van der Waals surface area contributed by atoms with Crippen molar-refractivity contribution in [2.75, 3.05) is 18.0 Å². The molecular formula is C27H28N4OS. The highest BCUT2D eigenvalue weighted by atomic mass is 32.1. The lowest BCUT2D eigenvalue weighted by Crippen LogP contribution is -2.37. The standard InChI is InChI=1S/C27H28N4OS/c1-21-12-14-23(15-13-21)18-25-29-27(33-30-25)31(19-24-10-6-3-7-11-24)20-26(32)28-17-16-22-8-4-2-5-9-22/h2-15H,16-20H2,1H3,(H,28,32). The van der Waals surface area contributed by atoms with Gasteiger partial charge in [-0.25, -0.2) is 4.98 Å². The third-order valence-electron chi connectivity index (χ3n) is 5.34. The van der Waals surface area contributed by atoms with E-state index < -0.39 is 0 Å². The van der Waals surface area contributed by atoms with Gasteiger partial charge in [0, 0.05) is 31.0 Å². The third-order valence-corrected chi connectivity index (χ3v) is 6.15. The van der Waals surface area contributed by atoms with Gasteiger partial charge in [0.1, 0.15) is 5.82 Å². The van der Waals surface area contributed by atoms with Crippen molar-refractivity contribution in [2.45, 2.75) is 26.3 Å². The van der Waals surface area contributed by atoms with E-state index in [9.17, 15) is 4.79 Å². The number of nitrogens with zero attached hydrogens (tertiary/aromatic N) is 3. The molecule has 1 heterocycles. The highest BCUT2D eigenvalue weighted by molar-refractivity contribution is 7.09. The fraction of sp³-hybridized carbons (Fsp3) is 0.222. The second-order valence-electron chi connectivity index (χ2n) is 8.08. The minimum atomic E-state index is -0.0165. The molecule has 4 rings (SSSR count). The van der Waals surface area contributed by atoms with Crippen LogP contribution in [0.25, 0.3) is 0 Å². The van der Waals surface area contributed by atoms with Gasteiger partial charge in [-0.3, -0.25) is 4.79 Å². The number of nitrogens with one attached hydrogen (secondary N) is 1. The van der Waals surface area contributed by atoms with Crippen molar-refractivity contribution in [3.05, 3.63) is 113 Å². The Kier molecular flexibility index (Phi) is 7.82. The molecule has 1 aromatic heterocycles. The van der Waals surface area contributed by atoms with Gasteiger partial charge >= 0.3 is 0 Å². The molecule has 0 fully saturated rings. The van der Waals surface area contributed by atoms with Gasteiger partial charge in [-0.15, -0.1) is 0 Å². The van der Waals surface area contributed by atoms with E-state index in [0.717, 1.165) is 22.9 Å². The second kappa shape index (κ2) is 11.4. The average molecular weight is 457 g/mol. The summed E-state index contributed by atoms with van der Waals surface area (Å²) >= 11 is 1.35. The normalized spacial score (nSPS) is 10.7. The molecule has 0 aliphatic carbocycles. The molecule has 0 saturated heterocycles. The van der Waals surface area contributed by atoms with E-state index in [1.54, 1.807) is 0 Å². The first-order valence-corrected chi connectivity index (χ1v) is 11.9. The SMILES string of the molecule is Cc1ccc(Cc2nsc(N(CC(=O)NCCc3ccccc3)Cc3ccccc3)n2)cc1. The first kappa shape index (κ1) is 22.7. The van der Waals surface area contributed by atoms with E-state index in [1.807, 2.05) is 41.3 Å². The molecule has 6 heteroatoms. The summed E-state index contributed by atoms with van der Waals surface area (Å²) in [6.45, 7) is 3.53. The van der Waals surface area contributed by atoms with Gasteiger partial charge in [0.15, 0.2) is 0 Å². The van der Waals surface area contributed by atoms with Gasteiger partial charge in [-0.1, -0.05) is 90.5 Å². The molecule has 4 aromatic rings. The first-order chi connectivity index (χ1) is 16.2. The van der Waals surface area contributed by atoms with E-state index in [1.165, 1.54) is 28.2 Å². The van der Waals surface area contributed by atoms with E-state index >= 15 is 0 Å². The Morgan fingerprint density at radius 1 is 0.879 bits per heavy atom. The van der Waals surface area contributed by atoms with Crippen molar-refractivity contribution in [2.24, 2.45) is 0 Å². The first-order valence-electron chi connectivity index (χ1n) is 11.1. The van der Waals surface area contributed by atoms with Crippen LogP contribution in [0.1, 0.15) is 28.1 Å². The Labute approximate surface area is 199 Å². The van der Waals surface area contributed by atoms with Crippen LogP contribution in [0.3, 0.4) is 0 Å². The molecule has 33 heavy (non-hydrogen) atoms. The van der Waals surface area contributed by atoms with Gasteiger partial charge in [-0.2, -0.15) is 4.37 Å². The molecule has 168 valence electrons. The lowest BCUT2D eigenvalue weighted by Gasteiger charge is -2.21. The number of carbonyl (C=O) groups excluding carboxylic acids is 1. The van der Waals surface area contributed by atoms with Crippen LogP contribution in [-0.4, -0.2) is 28.4 Å². The summed E-state index contributed by atoms with van der Waals surface area (Å²) < 4.78 is 4.56. The molecule has 0 bridgehead atoms. The van der Waals surface area contributed by atoms with Crippen LogP contribution in [0, 0.1) is 6.92 Å². The van der Waals surface area contributed by atoms with Gasteiger partial charge in [-0.05, 0) is 30.0 Å². The zero-order valence-electron chi connectivity index (χ0n) is 18.8. The molecule has 3 aromatic carbocycles. The van der Waals surface area contributed by atoms with Crippen LogP contribution in [0.5, 0.6) is 0 Å². The number of hydrogen-bond acceptors (Lipinski definition) is 5. The van der Waals surface area contributed by atoms with Gasteiger partial charge in [0.25, 0.3) is 0 Å². The number of rotatable bonds is 10. The van der Waals surface area contributed by atoms with Crippen LogP contribution < -0.4 is 10.2 Å². The van der Waals surface area contributed by atoms with Gasteiger partial charge in [0.05, 0.1) is 6.54 Å². The molecule has 1 amide bonds. The minimum Gasteiger partial charge on any atom is -0.354 e. The van der Waals surface area contributed by atoms with Crippen molar-refractivity contribution >= 4 is 22.6 Å². The summed E-state index contributed by atoms with van der Waals surface area (Å²) in [6.07, 6.45) is 1.49. The van der Waals surface area contributed by atoms with Crippen molar-refractivity contribution < 1.29 is 4.79 Å². The lowest BCUT2D eigenvalue weighted by molar-refractivity contribution is -0.119. The van der Waals surface area contributed by atoms with Crippen molar-refractivity contribution in [3.63, 3.8) is 0 Å². The zero-order chi connectivity index (χ0) is 22.9. The maximum Gasteiger partial charge on any atom is 0.239 e. The molecule has 0 aliphatic heterocycles. The van der Waals surface area contributed by atoms with Crippen LogP contribution >= 0.6 is 11.5 Å². The quantitative estimate of drug-likeness (QED) is 0.372. The largest absolute Gasteiger partial charge is 0.354 e. The smallest absolute Gasteiger partial charge is 0.239 e. The Hall–Kier alpha value is -3.51. The maximum atomic E-state index is 12.7. The Morgan fingerprint density at radius 2 is 1.55 bits per heavy atom. The molecule has 0 aliphatic rings. The van der Waals surface area contributed by atoms with E-state index in [4.69, 9.17) is 4.98 Å². The monoisotopic (exact) mass is 456 g/mol. The van der Waals surface area contributed by atoms with Gasteiger partial charge < -0.3 is 10.2 Å². The molecule has 0 spiro atoms. The number of amides is 1. The number of hydrogen-bond donors (Lipinski definition) is 1. The molecule has 0 unspecified atom stereocenters. The van der Waals surface area contributed by atoms with E-state index in [-0.39, 0.29) is 12.5 Å². The van der Waals surface area contributed by atoms with Crippen molar-refractivity contribution in [1.29, 1.82) is 0 Å². The third kappa shape index (κ3) is 6.99. The molecule has 1 N–H and O–H groups in total. The van der Waals surface area contributed by atoms with Crippen molar-refractivity contribution in [1.82, 2.24) is 14.7 Å². The number of aryl methyl sites for hydroxylation is 1. The summed E-state index contributed by atoms with van der Waals surface area (Å²) in [5, 5.41) is 3.81. The summed E-state index contributed by atoms with van der Waals surface area (Å²) in [4.78, 5) is 19.5. The van der Waals surface area contributed by atoms with E-state index in [0.29, 0.717) is 19.5 Å². The zero-order valence-corrected chi connectivity index (χ0v) is 19.6. The molecule has 0 radical (unpaired) electrons. The predicted octanol–water partition coefficient (Wildman–Crippen LogP) is 4.80. The highest BCUT2D eigenvalue weighted by Crippen LogP contribution is 2.21. The summed E-state index contributed by atoms with van der Waals surface area (Å²) in [5.41, 5.74) is 4.75.